The number of fused-ring (bicyclic) bond motifs is 1. The Morgan fingerprint density at radius 2 is 1.92 bits per heavy atom. The van der Waals surface area contributed by atoms with Crippen molar-refractivity contribution in [3.63, 3.8) is 0 Å². The van der Waals surface area contributed by atoms with Gasteiger partial charge in [0.2, 0.25) is 0 Å². The van der Waals surface area contributed by atoms with Crippen LogP contribution in [0.2, 0.25) is 0 Å². The lowest BCUT2D eigenvalue weighted by Crippen LogP contribution is -2.40. The maximum absolute atomic E-state index is 12.8. The van der Waals surface area contributed by atoms with Gasteiger partial charge in [-0.25, -0.2) is 0 Å². The second-order valence-corrected chi connectivity index (χ2v) is 7.15. The molecular weight excluding hydrogens is 318 g/mol. The van der Waals surface area contributed by atoms with E-state index in [0.29, 0.717) is 18.7 Å². The molecule has 5 heteroatoms. The Morgan fingerprint density at radius 3 is 2.64 bits per heavy atom. The number of carbonyl (C=O) groups excluding carboxylic acids is 2. The highest BCUT2D eigenvalue weighted by atomic mass is 16.5. The number of aromatic hydroxyl groups is 1. The zero-order valence-corrected chi connectivity index (χ0v) is 14.2. The second kappa shape index (κ2) is 5.76. The fourth-order valence-electron chi connectivity index (χ4n) is 4.13. The van der Waals surface area contributed by atoms with E-state index in [4.69, 9.17) is 4.74 Å². The molecule has 1 atom stereocenters. The molecule has 2 aromatic rings. The van der Waals surface area contributed by atoms with Gasteiger partial charge in [-0.3, -0.25) is 9.59 Å². The predicted molar refractivity (Wildman–Crippen MR) is 93.3 cm³/mol. The summed E-state index contributed by atoms with van der Waals surface area (Å²) < 4.78 is 4.85. The van der Waals surface area contributed by atoms with Crippen molar-refractivity contribution >= 4 is 22.6 Å². The smallest absolute Gasteiger partial charge is 0.309 e. The molecule has 1 aliphatic heterocycles. The monoisotopic (exact) mass is 339 g/mol. The van der Waals surface area contributed by atoms with Crippen LogP contribution in [0.15, 0.2) is 36.4 Å². The number of benzene rings is 2. The third kappa shape index (κ3) is 2.64. The van der Waals surface area contributed by atoms with E-state index in [2.05, 4.69) is 0 Å². The van der Waals surface area contributed by atoms with Crippen LogP contribution in [0, 0.1) is 11.3 Å². The normalized spacial score (nSPS) is 21.3. The molecule has 2 fully saturated rings. The lowest BCUT2D eigenvalue weighted by Gasteiger charge is -2.32. The highest BCUT2D eigenvalue weighted by Gasteiger charge is 2.59. The van der Waals surface area contributed by atoms with Crippen LogP contribution in [0.5, 0.6) is 5.75 Å². The minimum absolute atomic E-state index is 0.000495. The summed E-state index contributed by atoms with van der Waals surface area (Å²) in [4.78, 5) is 26.4. The minimum atomic E-state index is -0.126. The summed E-state index contributed by atoms with van der Waals surface area (Å²) in [6, 6.07) is 10.9. The average Bonchev–Trinajstić information content (AvgIpc) is 3.34. The van der Waals surface area contributed by atoms with Crippen molar-refractivity contribution in [1.82, 2.24) is 4.90 Å². The van der Waals surface area contributed by atoms with Gasteiger partial charge in [-0.05, 0) is 42.2 Å². The van der Waals surface area contributed by atoms with E-state index in [1.807, 2.05) is 35.2 Å². The molecule has 0 bridgehead atoms. The van der Waals surface area contributed by atoms with Crippen LogP contribution in [0.1, 0.15) is 29.6 Å². The molecule has 0 radical (unpaired) electrons. The molecule has 1 unspecified atom stereocenters. The van der Waals surface area contributed by atoms with Crippen molar-refractivity contribution in [3.8, 4) is 5.75 Å². The van der Waals surface area contributed by atoms with E-state index >= 15 is 0 Å². The number of phenolic OH excluding ortho intramolecular Hbond substituents is 1. The Labute approximate surface area is 146 Å². The lowest BCUT2D eigenvalue weighted by atomic mass is 9.90. The Bertz CT molecular complexity index is 852. The molecule has 1 saturated heterocycles. The first-order valence-corrected chi connectivity index (χ1v) is 8.63. The fraction of sp³-hybridized carbons (Fsp3) is 0.400. The molecule has 25 heavy (non-hydrogen) atoms. The molecule has 2 aliphatic rings. The molecule has 1 spiro atoms. The number of likely N-dealkylation sites (tertiary alicyclic amines) is 1. The van der Waals surface area contributed by atoms with Gasteiger partial charge >= 0.3 is 5.97 Å². The first kappa shape index (κ1) is 15.9. The zero-order chi connectivity index (χ0) is 17.6. The number of carbonyl (C=O) groups is 2. The van der Waals surface area contributed by atoms with Crippen molar-refractivity contribution in [1.29, 1.82) is 0 Å². The summed E-state index contributed by atoms with van der Waals surface area (Å²) in [5.41, 5.74) is 0.544. The predicted octanol–water partition coefficient (Wildman–Crippen LogP) is 2.96. The molecule has 1 amide bonds. The van der Waals surface area contributed by atoms with Crippen molar-refractivity contribution in [2.75, 3.05) is 20.2 Å². The molecule has 1 saturated carbocycles. The minimum Gasteiger partial charge on any atom is -0.507 e. The molecular formula is C20H21NO4. The quantitative estimate of drug-likeness (QED) is 0.854. The number of piperidine rings is 1. The van der Waals surface area contributed by atoms with E-state index in [0.717, 1.165) is 30.0 Å². The third-order valence-electron chi connectivity index (χ3n) is 5.81. The van der Waals surface area contributed by atoms with Gasteiger partial charge in [0.15, 0.2) is 0 Å². The van der Waals surface area contributed by atoms with Gasteiger partial charge in [-0.1, -0.05) is 24.3 Å². The number of phenols is 1. The van der Waals surface area contributed by atoms with Gasteiger partial charge in [0.1, 0.15) is 5.75 Å². The largest absolute Gasteiger partial charge is 0.507 e. The van der Waals surface area contributed by atoms with Crippen LogP contribution < -0.4 is 0 Å². The van der Waals surface area contributed by atoms with Gasteiger partial charge in [-0.2, -0.15) is 0 Å². The van der Waals surface area contributed by atoms with Gasteiger partial charge in [-0.15, -0.1) is 0 Å². The van der Waals surface area contributed by atoms with Crippen LogP contribution in [0.25, 0.3) is 10.8 Å². The van der Waals surface area contributed by atoms with E-state index in [-0.39, 0.29) is 29.0 Å². The van der Waals surface area contributed by atoms with E-state index < -0.39 is 0 Å². The van der Waals surface area contributed by atoms with Crippen LogP contribution >= 0.6 is 0 Å². The standard InChI is InChI=1S/C20H21NO4/c1-25-19(24)16-12-20(16)6-8-21(9-7-20)18(23)14-10-13-4-2-3-5-15(13)17(22)11-14/h2-5,10-11,16,22H,6-9,12H2,1H3. The molecule has 5 nitrogen and oxygen atoms in total. The van der Waals surface area contributed by atoms with Crippen molar-refractivity contribution < 1.29 is 19.4 Å². The van der Waals surface area contributed by atoms with Crippen LogP contribution in [0.3, 0.4) is 0 Å². The summed E-state index contributed by atoms with van der Waals surface area (Å²) in [7, 11) is 1.43. The number of esters is 1. The van der Waals surface area contributed by atoms with E-state index in [1.165, 1.54) is 7.11 Å². The molecule has 2 aromatic carbocycles. The Hall–Kier alpha value is -2.56. The topological polar surface area (TPSA) is 66.8 Å². The summed E-state index contributed by atoms with van der Waals surface area (Å²) in [6.07, 6.45) is 2.54. The van der Waals surface area contributed by atoms with E-state index in [9.17, 15) is 14.7 Å². The molecule has 0 aromatic heterocycles. The number of hydrogen-bond donors (Lipinski definition) is 1. The number of methoxy groups -OCH3 is 1. The Balaban J connectivity index is 1.49. The summed E-state index contributed by atoms with van der Waals surface area (Å²) in [5, 5.41) is 11.8. The van der Waals surface area contributed by atoms with Gasteiger partial charge in [0.05, 0.1) is 13.0 Å². The molecule has 1 aliphatic carbocycles. The number of hydrogen-bond acceptors (Lipinski definition) is 4. The second-order valence-electron chi connectivity index (χ2n) is 7.15. The highest BCUT2D eigenvalue weighted by Crippen LogP contribution is 2.59. The fourth-order valence-corrected chi connectivity index (χ4v) is 4.13. The number of amides is 1. The van der Waals surface area contributed by atoms with Crippen LogP contribution in [0.4, 0.5) is 0 Å². The Morgan fingerprint density at radius 1 is 1.20 bits per heavy atom. The lowest BCUT2D eigenvalue weighted by molar-refractivity contribution is -0.143. The first-order valence-electron chi connectivity index (χ1n) is 8.63. The summed E-state index contributed by atoms with van der Waals surface area (Å²) in [5.74, 6) is -0.0623. The average molecular weight is 339 g/mol. The van der Waals surface area contributed by atoms with E-state index in [1.54, 1.807) is 6.07 Å². The third-order valence-corrected chi connectivity index (χ3v) is 5.81. The molecule has 1 heterocycles. The van der Waals surface area contributed by atoms with Crippen molar-refractivity contribution in [2.24, 2.45) is 11.3 Å². The number of ether oxygens (including phenoxy) is 1. The number of rotatable bonds is 2. The van der Waals surface area contributed by atoms with Crippen molar-refractivity contribution in [2.45, 2.75) is 19.3 Å². The molecule has 4 rings (SSSR count). The number of nitrogens with zero attached hydrogens (tertiary/aromatic N) is 1. The first-order chi connectivity index (χ1) is 12.0. The SMILES string of the molecule is COC(=O)C1CC12CCN(C(=O)c1cc(O)c3ccccc3c1)CC2. The summed E-state index contributed by atoms with van der Waals surface area (Å²) >= 11 is 0. The molecule has 1 N–H and O–H groups in total. The van der Waals surface area contributed by atoms with Gasteiger partial charge in [0, 0.05) is 24.0 Å². The molecule has 130 valence electrons. The Kier molecular flexibility index (Phi) is 3.67. The zero-order valence-electron chi connectivity index (χ0n) is 14.2. The van der Waals surface area contributed by atoms with Crippen LogP contribution in [-0.4, -0.2) is 42.1 Å². The summed E-state index contributed by atoms with van der Waals surface area (Å²) in [6.45, 7) is 1.28. The van der Waals surface area contributed by atoms with Crippen LogP contribution in [-0.2, 0) is 9.53 Å². The van der Waals surface area contributed by atoms with Gasteiger partial charge in [0.25, 0.3) is 5.91 Å². The highest BCUT2D eigenvalue weighted by molar-refractivity contribution is 6.00. The maximum Gasteiger partial charge on any atom is 0.309 e. The van der Waals surface area contributed by atoms with Gasteiger partial charge < -0.3 is 14.7 Å². The maximum atomic E-state index is 12.8. The van der Waals surface area contributed by atoms with Crippen molar-refractivity contribution in [3.05, 3.63) is 42.0 Å².